The van der Waals surface area contributed by atoms with Crippen LogP contribution in [-0.4, -0.2) is 22.2 Å². The van der Waals surface area contributed by atoms with Crippen molar-refractivity contribution in [3.63, 3.8) is 0 Å². The number of hydrogen-bond acceptors (Lipinski definition) is 2. The highest BCUT2D eigenvalue weighted by atomic mass is 79.9. The van der Waals surface area contributed by atoms with Crippen LogP contribution in [-0.2, 0) is 7.05 Å². The summed E-state index contributed by atoms with van der Waals surface area (Å²) in [6.45, 7) is 2.37. The van der Waals surface area contributed by atoms with E-state index in [1.165, 1.54) is 0 Å². The maximum atomic E-state index is 12.0. The van der Waals surface area contributed by atoms with Gasteiger partial charge in [0, 0.05) is 19.8 Å². The van der Waals surface area contributed by atoms with Gasteiger partial charge in [0.05, 0.1) is 16.1 Å². The molecule has 1 unspecified atom stereocenters. The molecule has 1 aromatic heterocycles. The quantitative estimate of drug-likeness (QED) is 0.880. The number of aromatic nitrogens is 2. The van der Waals surface area contributed by atoms with Crippen molar-refractivity contribution in [2.45, 2.75) is 11.8 Å². The molecule has 1 aromatic carbocycles. The second-order valence-corrected chi connectivity index (χ2v) is 5.50. The van der Waals surface area contributed by atoms with Crippen molar-refractivity contribution in [2.24, 2.45) is 7.05 Å². The molecule has 2 aromatic rings. The van der Waals surface area contributed by atoms with Crippen molar-refractivity contribution in [3.8, 4) is 0 Å². The lowest BCUT2D eigenvalue weighted by atomic mass is 10.1. The molecule has 0 saturated heterocycles. The Morgan fingerprint density at radius 2 is 2.11 bits per heavy atom. The number of carbonyl (C=O) groups is 1. The standard InChI is InChI=1S/C14H16BrN3O/c1-10-12(9-18(2)17-10)14(19)16-8-13(15)11-6-4-3-5-7-11/h3-7,9,13H,8H2,1-2H3,(H,16,19). The molecular weight excluding hydrogens is 306 g/mol. The largest absolute Gasteiger partial charge is 0.350 e. The van der Waals surface area contributed by atoms with Gasteiger partial charge in [0.25, 0.3) is 5.91 Å². The first kappa shape index (κ1) is 13.8. The Hall–Kier alpha value is -1.62. The molecule has 0 fully saturated rings. The topological polar surface area (TPSA) is 46.9 Å². The van der Waals surface area contributed by atoms with Crippen molar-refractivity contribution in [3.05, 3.63) is 53.3 Å². The Bertz CT molecular complexity index is 565. The number of alkyl halides is 1. The first-order chi connectivity index (χ1) is 9.08. The van der Waals surface area contributed by atoms with E-state index in [2.05, 4.69) is 26.3 Å². The summed E-state index contributed by atoms with van der Waals surface area (Å²) in [5.41, 5.74) is 2.51. The second kappa shape index (κ2) is 6.02. The number of nitrogens with one attached hydrogen (secondary N) is 1. The van der Waals surface area contributed by atoms with Gasteiger partial charge < -0.3 is 5.32 Å². The molecule has 0 saturated carbocycles. The molecule has 1 N–H and O–H groups in total. The van der Waals surface area contributed by atoms with Crippen LogP contribution in [0.5, 0.6) is 0 Å². The summed E-state index contributed by atoms with van der Waals surface area (Å²) < 4.78 is 1.65. The van der Waals surface area contributed by atoms with E-state index < -0.39 is 0 Å². The van der Waals surface area contributed by atoms with Crippen LogP contribution in [0.2, 0.25) is 0 Å². The van der Waals surface area contributed by atoms with E-state index in [9.17, 15) is 4.79 Å². The lowest BCUT2D eigenvalue weighted by Gasteiger charge is -2.11. The lowest BCUT2D eigenvalue weighted by Crippen LogP contribution is -2.27. The predicted octanol–water partition coefficient (Wildman–Crippen LogP) is 2.59. The first-order valence-electron chi connectivity index (χ1n) is 6.05. The van der Waals surface area contributed by atoms with Gasteiger partial charge in [-0.05, 0) is 12.5 Å². The molecule has 1 heterocycles. The molecule has 0 radical (unpaired) electrons. The summed E-state index contributed by atoms with van der Waals surface area (Å²) >= 11 is 3.58. The molecule has 0 spiro atoms. The molecule has 2 rings (SSSR count). The average Bonchev–Trinajstić information content (AvgIpc) is 2.75. The minimum atomic E-state index is -0.0917. The predicted molar refractivity (Wildman–Crippen MR) is 78.4 cm³/mol. The number of benzene rings is 1. The highest BCUT2D eigenvalue weighted by Crippen LogP contribution is 2.21. The van der Waals surface area contributed by atoms with Crippen LogP contribution in [0, 0.1) is 6.92 Å². The number of amides is 1. The van der Waals surface area contributed by atoms with Crippen LogP contribution in [0.4, 0.5) is 0 Å². The van der Waals surface area contributed by atoms with E-state index in [1.54, 1.807) is 17.9 Å². The van der Waals surface area contributed by atoms with Gasteiger partial charge in [-0.15, -0.1) is 0 Å². The zero-order valence-corrected chi connectivity index (χ0v) is 12.5. The van der Waals surface area contributed by atoms with E-state index in [-0.39, 0.29) is 10.7 Å². The van der Waals surface area contributed by atoms with Crippen LogP contribution in [0.25, 0.3) is 0 Å². The van der Waals surface area contributed by atoms with Gasteiger partial charge in [0.15, 0.2) is 0 Å². The normalized spacial score (nSPS) is 12.2. The molecule has 100 valence electrons. The van der Waals surface area contributed by atoms with E-state index >= 15 is 0 Å². The summed E-state index contributed by atoms with van der Waals surface area (Å²) in [4.78, 5) is 12.1. The first-order valence-corrected chi connectivity index (χ1v) is 6.97. The summed E-state index contributed by atoms with van der Waals surface area (Å²) in [7, 11) is 1.81. The summed E-state index contributed by atoms with van der Waals surface area (Å²) in [6.07, 6.45) is 1.73. The van der Waals surface area contributed by atoms with Crippen molar-refractivity contribution >= 4 is 21.8 Å². The fourth-order valence-corrected chi connectivity index (χ4v) is 2.35. The molecule has 4 nitrogen and oxygen atoms in total. The summed E-state index contributed by atoms with van der Waals surface area (Å²) in [5, 5.41) is 7.07. The number of nitrogens with zero attached hydrogens (tertiary/aromatic N) is 2. The number of carbonyl (C=O) groups excluding carboxylic acids is 1. The number of hydrogen-bond donors (Lipinski definition) is 1. The minimum absolute atomic E-state index is 0.0917. The Morgan fingerprint density at radius 1 is 1.42 bits per heavy atom. The number of rotatable bonds is 4. The summed E-state index contributed by atoms with van der Waals surface area (Å²) in [5.74, 6) is -0.0917. The van der Waals surface area contributed by atoms with Crippen molar-refractivity contribution < 1.29 is 4.79 Å². The van der Waals surface area contributed by atoms with Crippen LogP contribution >= 0.6 is 15.9 Å². The fraction of sp³-hybridized carbons (Fsp3) is 0.286. The van der Waals surface area contributed by atoms with Crippen LogP contribution in [0.1, 0.15) is 26.4 Å². The highest BCUT2D eigenvalue weighted by molar-refractivity contribution is 9.09. The zero-order valence-electron chi connectivity index (χ0n) is 10.9. The Labute approximate surface area is 120 Å². The molecule has 1 amide bonds. The van der Waals surface area contributed by atoms with Gasteiger partial charge in [0.2, 0.25) is 0 Å². The molecule has 5 heteroatoms. The minimum Gasteiger partial charge on any atom is -0.350 e. The molecule has 0 bridgehead atoms. The molecule has 0 aliphatic rings. The maximum absolute atomic E-state index is 12.0. The van der Waals surface area contributed by atoms with Gasteiger partial charge in [-0.1, -0.05) is 46.3 Å². The van der Waals surface area contributed by atoms with Gasteiger partial charge in [0.1, 0.15) is 0 Å². The van der Waals surface area contributed by atoms with E-state index in [1.807, 2.05) is 37.3 Å². The smallest absolute Gasteiger partial charge is 0.254 e. The Balaban J connectivity index is 1.96. The monoisotopic (exact) mass is 321 g/mol. The van der Waals surface area contributed by atoms with Crippen molar-refractivity contribution in [1.29, 1.82) is 0 Å². The number of aryl methyl sites for hydroxylation is 2. The van der Waals surface area contributed by atoms with Crippen molar-refractivity contribution in [2.75, 3.05) is 6.54 Å². The third-order valence-corrected chi connectivity index (χ3v) is 3.71. The van der Waals surface area contributed by atoms with E-state index in [0.29, 0.717) is 12.1 Å². The van der Waals surface area contributed by atoms with Crippen molar-refractivity contribution in [1.82, 2.24) is 15.1 Å². The zero-order chi connectivity index (χ0) is 13.8. The van der Waals surface area contributed by atoms with E-state index in [4.69, 9.17) is 0 Å². The molecular formula is C14H16BrN3O. The Kier molecular flexibility index (Phi) is 4.37. The van der Waals surface area contributed by atoms with Crippen LogP contribution < -0.4 is 5.32 Å². The van der Waals surface area contributed by atoms with Gasteiger partial charge in [-0.3, -0.25) is 9.48 Å². The highest BCUT2D eigenvalue weighted by Gasteiger charge is 2.14. The SMILES string of the molecule is Cc1nn(C)cc1C(=O)NCC(Br)c1ccccc1. The summed E-state index contributed by atoms with van der Waals surface area (Å²) in [6, 6.07) is 10.00. The molecule has 0 aliphatic heterocycles. The van der Waals surface area contributed by atoms with Crippen LogP contribution in [0.3, 0.4) is 0 Å². The van der Waals surface area contributed by atoms with Gasteiger partial charge in [-0.25, -0.2) is 0 Å². The Morgan fingerprint density at radius 3 is 2.68 bits per heavy atom. The van der Waals surface area contributed by atoms with Gasteiger partial charge in [-0.2, -0.15) is 5.10 Å². The van der Waals surface area contributed by atoms with Crippen LogP contribution in [0.15, 0.2) is 36.5 Å². The third-order valence-electron chi connectivity index (χ3n) is 2.86. The molecule has 1 atom stereocenters. The van der Waals surface area contributed by atoms with Gasteiger partial charge >= 0.3 is 0 Å². The third kappa shape index (κ3) is 3.44. The second-order valence-electron chi connectivity index (χ2n) is 4.39. The molecule has 19 heavy (non-hydrogen) atoms. The fourth-order valence-electron chi connectivity index (χ4n) is 1.88. The number of halogens is 1. The lowest BCUT2D eigenvalue weighted by molar-refractivity contribution is 0.0953. The average molecular weight is 322 g/mol. The van der Waals surface area contributed by atoms with E-state index in [0.717, 1.165) is 11.3 Å². The maximum Gasteiger partial charge on any atom is 0.254 e. The molecule has 0 aliphatic carbocycles.